The third-order valence-corrected chi connectivity index (χ3v) is 3.32. The van der Waals surface area contributed by atoms with Gasteiger partial charge in [-0.25, -0.2) is 9.07 Å². The zero-order valence-corrected chi connectivity index (χ0v) is 12.4. The molecule has 3 aromatic rings. The number of nitrogens with zero attached hydrogens (tertiary/aromatic N) is 4. The van der Waals surface area contributed by atoms with E-state index in [2.05, 4.69) is 20.8 Å². The molecule has 0 bridgehead atoms. The van der Waals surface area contributed by atoms with Gasteiger partial charge in [0.15, 0.2) is 5.82 Å². The molecule has 7 heteroatoms. The summed E-state index contributed by atoms with van der Waals surface area (Å²) in [6.07, 6.45) is 0. The molecular formula is C16H14FN5O. The van der Waals surface area contributed by atoms with Gasteiger partial charge in [0.1, 0.15) is 5.82 Å². The van der Waals surface area contributed by atoms with Crippen LogP contribution in [-0.4, -0.2) is 26.1 Å². The second kappa shape index (κ2) is 6.35. The van der Waals surface area contributed by atoms with Crippen LogP contribution in [0.25, 0.3) is 11.4 Å². The third kappa shape index (κ3) is 3.23. The van der Waals surface area contributed by atoms with Crippen molar-refractivity contribution in [3.05, 3.63) is 59.9 Å². The Morgan fingerprint density at radius 1 is 1.22 bits per heavy atom. The van der Waals surface area contributed by atoms with Gasteiger partial charge < -0.3 is 5.32 Å². The Morgan fingerprint density at radius 2 is 2.00 bits per heavy atom. The molecule has 6 nitrogen and oxygen atoms in total. The number of nitrogens with one attached hydrogen (secondary N) is 1. The van der Waals surface area contributed by atoms with Crippen LogP contribution >= 0.6 is 0 Å². The van der Waals surface area contributed by atoms with E-state index in [4.69, 9.17) is 0 Å². The van der Waals surface area contributed by atoms with E-state index in [1.54, 1.807) is 22.9 Å². The van der Waals surface area contributed by atoms with E-state index in [1.807, 2.05) is 13.0 Å². The number of hydrogen-bond donors (Lipinski definition) is 1. The van der Waals surface area contributed by atoms with Gasteiger partial charge in [-0.15, -0.1) is 5.10 Å². The van der Waals surface area contributed by atoms with Crippen molar-refractivity contribution in [2.75, 3.05) is 5.32 Å². The van der Waals surface area contributed by atoms with Crippen molar-refractivity contribution in [3.8, 4) is 11.4 Å². The van der Waals surface area contributed by atoms with Gasteiger partial charge in [0, 0.05) is 23.4 Å². The van der Waals surface area contributed by atoms with Crippen LogP contribution in [0, 0.1) is 5.82 Å². The van der Waals surface area contributed by atoms with Crippen LogP contribution in [0.4, 0.5) is 10.1 Å². The third-order valence-electron chi connectivity index (χ3n) is 3.32. The first-order valence-corrected chi connectivity index (χ1v) is 7.11. The number of halogens is 1. The van der Waals surface area contributed by atoms with E-state index in [1.165, 1.54) is 24.3 Å². The lowest BCUT2D eigenvalue weighted by Crippen LogP contribution is -2.12. The Bertz CT molecular complexity index is 828. The van der Waals surface area contributed by atoms with Gasteiger partial charge in [-0.1, -0.05) is 12.1 Å². The molecule has 0 unspecified atom stereocenters. The Morgan fingerprint density at radius 3 is 2.74 bits per heavy atom. The fourth-order valence-electron chi connectivity index (χ4n) is 2.16. The summed E-state index contributed by atoms with van der Waals surface area (Å²) in [5, 5.41) is 14.2. The summed E-state index contributed by atoms with van der Waals surface area (Å²) in [6, 6.07) is 12.6. The van der Waals surface area contributed by atoms with E-state index in [0.29, 0.717) is 23.6 Å². The fraction of sp³-hybridized carbons (Fsp3) is 0.125. The molecule has 0 aliphatic heterocycles. The molecule has 0 saturated carbocycles. The molecule has 0 spiro atoms. The molecule has 3 rings (SSSR count). The average Bonchev–Trinajstić information content (AvgIpc) is 3.06. The highest BCUT2D eigenvalue weighted by atomic mass is 19.1. The predicted octanol–water partition coefficient (Wildman–Crippen LogP) is 2.75. The molecule has 116 valence electrons. The maximum Gasteiger partial charge on any atom is 0.255 e. The lowest BCUT2D eigenvalue weighted by Gasteiger charge is -2.07. The van der Waals surface area contributed by atoms with E-state index in [-0.39, 0.29) is 11.7 Å². The highest BCUT2D eigenvalue weighted by Gasteiger charge is 2.11. The van der Waals surface area contributed by atoms with Gasteiger partial charge in [0.05, 0.1) is 0 Å². The van der Waals surface area contributed by atoms with Crippen LogP contribution in [0.5, 0.6) is 0 Å². The van der Waals surface area contributed by atoms with Gasteiger partial charge in [0.2, 0.25) is 0 Å². The van der Waals surface area contributed by atoms with Crippen LogP contribution in [0.15, 0.2) is 48.5 Å². The van der Waals surface area contributed by atoms with Gasteiger partial charge in [-0.05, 0) is 53.7 Å². The summed E-state index contributed by atoms with van der Waals surface area (Å²) in [6.45, 7) is 2.57. The zero-order valence-electron chi connectivity index (χ0n) is 12.4. The standard InChI is InChI=1S/C16H14FN5O/c1-2-22-15(19-20-21-22)11-4-3-5-12(10-11)16(23)18-14-8-6-13(17)7-9-14/h3-10H,2H2,1H3,(H,18,23). The molecule has 0 aliphatic carbocycles. The summed E-state index contributed by atoms with van der Waals surface area (Å²) in [5.74, 6) is -0.0330. The lowest BCUT2D eigenvalue weighted by atomic mass is 10.1. The van der Waals surface area contributed by atoms with Crippen molar-refractivity contribution in [2.45, 2.75) is 13.5 Å². The molecule has 0 saturated heterocycles. The molecule has 0 atom stereocenters. The normalized spacial score (nSPS) is 10.5. The number of carbonyl (C=O) groups is 1. The van der Waals surface area contributed by atoms with Gasteiger partial charge in [-0.2, -0.15) is 0 Å². The molecule has 1 heterocycles. The first-order chi connectivity index (χ1) is 11.2. The van der Waals surface area contributed by atoms with Gasteiger partial charge >= 0.3 is 0 Å². The Balaban J connectivity index is 1.84. The topological polar surface area (TPSA) is 72.7 Å². The number of rotatable bonds is 4. The minimum atomic E-state index is -0.351. The van der Waals surface area contributed by atoms with Gasteiger partial charge in [0.25, 0.3) is 5.91 Å². The number of benzene rings is 2. The summed E-state index contributed by atoms with van der Waals surface area (Å²) >= 11 is 0. The first-order valence-electron chi connectivity index (χ1n) is 7.11. The minimum absolute atomic E-state index is 0.283. The predicted molar refractivity (Wildman–Crippen MR) is 83.3 cm³/mol. The van der Waals surface area contributed by atoms with Crippen LogP contribution in [-0.2, 0) is 6.54 Å². The number of hydrogen-bond acceptors (Lipinski definition) is 4. The number of tetrazole rings is 1. The van der Waals surface area contributed by atoms with E-state index in [0.717, 1.165) is 5.56 Å². The Labute approximate surface area is 132 Å². The monoisotopic (exact) mass is 311 g/mol. The largest absolute Gasteiger partial charge is 0.322 e. The molecule has 23 heavy (non-hydrogen) atoms. The van der Waals surface area contributed by atoms with E-state index >= 15 is 0 Å². The summed E-state index contributed by atoms with van der Waals surface area (Å²) in [4.78, 5) is 12.3. The molecule has 2 aromatic carbocycles. The van der Waals surface area contributed by atoms with Crippen molar-refractivity contribution in [3.63, 3.8) is 0 Å². The number of aromatic nitrogens is 4. The zero-order chi connectivity index (χ0) is 16.2. The molecule has 0 aliphatic rings. The van der Waals surface area contributed by atoms with Crippen LogP contribution in [0.1, 0.15) is 17.3 Å². The molecule has 1 N–H and O–H groups in total. The van der Waals surface area contributed by atoms with Crippen molar-refractivity contribution in [2.24, 2.45) is 0 Å². The Hall–Kier alpha value is -3.09. The molecule has 1 aromatic heterocycles. The maximum absolute atomic E-state index is 12.9. The van der Waals surface area contributed by atoms with Crippen LogP contribution in [0.3, 0.4) is 0 Å². The smallest absolute Gasteiger partial charge is 0.255 e. The van der Waals surface area contributed by atoms with Crippen LogP contribution in [0.2, 0.25) is 0 Å². The Kier molecular flexibility index (Phi) is 4.09. The molecule has 0 fully saturated rings. The first kappa shape index (κ1) is 14.8. The summed E-state index contributed by atoms with van der Waals surface area (Å²) in [7, 11) is 0. The number of carbonyl (C=O) groups excluding carboxylic acids is 1. The lowest BCUT2D eigenvalue weighted by molar-refractivity contribution is 0.102. The van der Waals surface area contributed by atoms with E-state index in [9.17, 15) is 9.18 Å². The number of anilines is 1. The van der Waals surface area contributed by atoms with Crippen molar-refractivity contribution in [1.82, 2.24) is 20.2 Å². The maximum atomic E-state index is 12.9. The van der Waals surface area contributed by atoms with Crippen LogP contribution < -0.4 is 5.32 Å². The molecule has 1 amide bonds. The second-order valence-electron chi connectivity index (χ2n) is 4.86. The average molecular weight is 311 g/mol. The number of aryl methyl sites for hydroxylation is 1. The minimum Gasteiger partial charge on any atom is -0.322 e. The molecular weight excluding hydrogens is 297 g/mol. The van der Waals surface area contributed by atoms with Crippen molar-refractivity contribution >= 4 is 11.6 Å². The van der Waals surface area contributed by atoms with Crippen molar-refractivity contribution < 1.29 is 9.18 Å². The summed E-state index contributed by atoms with van der Waals surface area (Å²) < 4.78 is 14.5. The highest BCUT2D eigenvalue weighted by Crippen LogP contribution is 2.18. The SMILES string of the molecule is CCn1nnnc1-c1cccc(C(=O)Nc2ccc(F)cc2)c1. The van der Waals surface area contributed by atoms with Gasteiger partial charge in [-0.3, -0.25) is 4.79 Å². The van der Waals surface area contributed by atoms with E-state index < -0.39 is 0 Å². The fourth-order valence-corrected chi connectivity index (χ4v) is 2.16. The quantitative estimate of drug-likeness (QED) is 0.804. The molecule has 0 radical (unpaired) electrons. The number of amides is 1. The summed E-state index contributed by atoms with van der Waals surface area (Å²) in [5.41, 5.74) is 1.75. The highest BCUT2D eigenvalue weighted by molar-refractivity contribution is 6.04. The van der Waals surface area contributed by atoms with Crippen molar-refractivity contribution in [1.29, 1.82) is 0 Å². The second-order valence-corrected chi connectivity index (χ2v) is 4.86.